The molecule has 0 aromatic heterocycles. The molecule has 2 aromatic carbocycles. The first-order valence-electron chi connectivity index (χ1n) is 6.45. The molecular formula is C15H9F3N2O3. The predicted molar refractivity (Wildman–Crippen MR) is 75.6 cm³/mol. The van der Waals surface area contributed by atoms with Crippen molar-refractivity contribution in [3.05, 3.63) is 48.0 Å². The minimum atomic E-state index is -5.01. The highest BCUT2D eigenvalue weighted by atomic mass is 19.4. The number of hydrogen-bond donors (Lipinski definition) is 2. The molecule has 0 radical (unpaired) electrons. The van der Waals surface area contributed by atoms with Crippen LogP contribution in [0, 0.1) is 0 Å². The number of carbonyl (C=O) groups is 2. The average Bonchev–Trinajstić information content (AvgIpc) is 2.62. The van der Waals surface area contributed by atoms with Crippen LogP contribution in [0.25, 0.3) is 0 Å². The average molecular weight is 322 g/mol. The van der Waals surface area contributed by atoms with E-state index >= 15 is 0 Å². The number of nitrogens with one attached hydrogen (secondary N) is 2. The highest BCUT2D eigenvalue weighted by Gasteiger charge is 2.38. The lowest BCUT2D eigenvalue weighted by Crippen LogP contribution is -2.30. The second-order valence-corrected chi connectivity index (χ2v) is 4.72. The van der Waals surface area contributed by atoms with E-state index < -0.39 is 18.0 Å². The quantitative estimate of drug-likeness (QED) is 0.844. The van der Waals surface area contributed by atoms with E-state index in [-0.39, 0.29) is 17.0 Å². The molecule has 1 aliphatic heterocycles. The zero-order valence-corrected chi connectivity index (χ0v) is 11.4. The van der Waals surface area contributed by atoms with Gasteiger partial charge in [0.25, 0.3) is 5.91 Å². The maximum Gasteiger partial charge on any atom is 0.471 e. The smallest absolute Gasteiger partial charge is 0.454 e. The number of halogens is 3. The molecule has 0 aliphatic carbocycles. The molecule has 0 spiro atoms. The highest BCUT2D eigenvalue weighted by Crippen LogP contribution is 2.36. The van der Waals surface area contributed by atoms with E-state index in [4.69, 9.17) is 4.74 Å². The topological polar surface area (TPSA) is 67.4 Å². The van der Waals surface area contributed by atoms with Crippen LogP contribution in [0.1, 0.15) is 10.4 Å². The summed E-state index contributed by atoms with van der Waals surface area (Å²) >= 11 is 0. The van der Waals surface area contributed by atoms with E-state index in [0.29, 0.717) is 11.4 Å². The summed E-state index contributed by atoms with van der Waals surface area (Å²) in [4.78, 5) is 23.1. The molecule has 8 heteroatoms. The zero-order chi connectivity index (χ0) is 16.6. The van der Waals surface area contributed by atoms with E-state index in [1.54, 1.807) is 29.6 Å². The van der Waals surface area contributed by atoms with Crippen LogP contribution in [0.4, 0.5) is 24.5 Å². The number of amides is 2. The van der Waals surface area contributed by atoms with Crippen molar-refractivity contribution in [2.75, 3.05) is 10.6 Å². The normalized spacial score (nSPS) is 13.1. The molecule has 118 valence electrons. The molecular weight excluding hydrogens is 313 g/mol. The molecule has 23 heavy (non-hydrogen) atoms. The van der Waals surface area contributed by atoms with Crippen LogP contribution in [-0.4, -0.2) is 18.0 Å². The monoisotopic (exact) mass is 322 g/mol. The maximum atomic E-state index is 12.3. The molecule has 2 N–H and O–H groups in total. The molecule has 0 saturated carbocycles. The Morgan fingerprint density at radius 1 is 1.09 bits per heavy atom. The van der Waals surface area contributed by atoms with Crippen LogP contribution in [0.15, 0.2) is 42.5 Å². The number of rotatable bonds is 1. The molecule has 0 unspecified atom stereocenters. The molecule has 3 rings (SSSR count). The summed E-state index contributed by atoms with van der Waals surface area (Å²) in [7, 11) is 0. The fourth-order valence-corrected chi connectivity index (χ4v) is 2.04. The van der Waals surface area contributed by atoms with Gasteiger partial charge in [-0.1, -0.05) is 12.1 Å². The van der Waals surface area contributed by atoms with Crippen molar-refractivity contribution in [2.24, 2.45) is 0 Å². The van der Waals surface area contributed by atoms with Crippen LogP contribution in [0.2, 0.25) is 0 Å². The molecule has 0 saturated heterocycles. The first-order chi connectivity index (χ1) is 10.8. The summed E-state index contributed by atoms with van der Waals surface area (Å²) in [6.07, 6.45) is -5.01. The number of fused-ring (bicyclic) bond motifs is 2. The Hall–Kier alpha value is -3.03. The summed E-state index contributed by atoms with van der Waals surface area (Å²) in [6.45, 7) is 0. The Morgan fingerprint density at radius 3 is 2.57 bits per heavy atom. The molecule has 5 nitrogen and oxygen atoms in total. The SMILES string of the molecule is O=C1Nc2ccccc2Oc2ccc(NC(=O)C(F)(F)F)cc21. The third-order valence-electron chi connectivity index (χ3n) is 3.09. The summed E-state index contributed by atoms with van der Waals surface area (Å²) in [5, 5.41) is 4.29. The van der Waals surface area contributed by atoms with Gasteiger partial charge in [0, 0.05) is 5.69 Å². The Kier molecular flexibility index (Phi) is 3.44. The van der Waals surface area contributed by atoms with Gasteiger partial charge in [-0.3, -0.25) is 9.59 Å². The van der Waals surface area contributed by atoms with E-state index in [0.717, 1.165) is 6.07 Å². The Balaban J connectivity index is 1.94. The van der Waals surface area contributed by atoms with Crippen LogP contribution >= 0.6 is 0 Å². The third-order valence-corrected chi connectivity index (χ3v) is 3.09. The van der Waals surface area contributed by atoms with E-state index in [1.807, 2.05) is 0 Å². The zero-order valence-electron chi connectivity index (χ0n) is 11.4. The lowest BCUT2D eigenvalue weighted by atomic mass is 10.1. The number of para-hydroxylation sites is 2. The van der Waals surface area contributed by atoms with Crippen LogP contribution in [0.3, 0.4) is 0 Å². The standard InChI is InChI=1S/C15H9F3N2O3/c16-15(17,18)14(22)19-8-5-6-11-9(7-8)13(21)20-10-3-1-2-4-12(10)23-11/h1-7H,(H,19,22)(H,20,21). The van der Waals surface area contributed by atoms with Gasteiger partial charge < -0.3 is 15.4 Å². The lowest BCUT2D eigenvalue weighted by Gasteiger charge is -2.11. The first-order valence-corrected chi connectivity index (χ1v) is 6.45. The highest BCUT2D eigenvalue weighted by molar-refractivity contribution is 6.09. The van der Waals surface area contributed by atoms with E-state index in [2.05, 4.69) is 5.32 Å². The minimum absolute atomic E-state index is 0.0150. The second kappa shape index (κ2) is 5.31. The molecule has 1 heterocycles. The van der Waals surface area contributed by atoms with Crippen molar-refractivity contribution >= 4 is 23.2 Å². The lowest BCUT2D eigenvalue weighted by molar-refractivity contribution is -0.167. The summed E-state index contributed by atoms with van der Waals surface area (Å²) in [6, 6.07) is 10.4. The molecule has 1 aliphatic rings. The second-order valence-electron chi connectivity index (χ2n) is 4.72. The van der Waals surface area contributed by atoms with Crippen LogP contribution < -0.4 is 15.4 Å². The summed E-state index contributed by atoms with van der Waals surface area (Å²) in [5.74, 6) is -2.08. The maximum absolute atomic E-state index is 12.3. The van der Waals surface area contributed by atoms with E-state index in [1.165, 1.54) is 12.1 Å². The van der Waals surface area contributed by atoms with Gasteiger partial charge in [0.15, 0.2) is 5.75 Å². The predicted octanol–water partition coefficient (Wildman–Crippen LogP) is 3.55. The van der Waals surface area contributed by atoms with Crippen molar-refractivity contribution in [3.63, 3.8) is 0 Å². The van der Waals surface area contributed by atoms with Gasteiger partial charge in [-0.15, -0.1) is 0 Å². The van der Waals surface area contributed by atoms with Crippen molar-refractivity contribution in [2.45, 2.75) is 6.18 Å². The largest absolute Gasteiger partial charge is 0.471 e. The van der Waals surface area contributed by atoms with Gasteiger partial charge in [0.05, 0.1) is 11.3 Å². The van der Waals surface area contributed by atoms with Crippen molar-refractivity contribution in [1.29, 1.82) is 0 Å². The van der Waals surface area contributed by atoms with Gasteiger partial charge in [-0.2, -0.15) is 13.2 Å². The number of ether oxygens (including phenoxy) is 1. The van der Waals surface area contributed by atoms with Crippen molar-refractivity contribution in [1.82, 2.24) is 0 Å². The third kappa shape index (κ3) is 2.96. The van der Waals surface area contributed by atoms with Crippen LogP contribution in [0.5, 0.6) is 11.5 Å². The van der Waals surface area contributed by atoms with Crippen molar-refractivity contribution in [3.8, 4) is 11.5 Å². The van der Waals surface area contributed by atoms with Gasteiger partial charge in [-0.05, 0) is 30.3 Å². The summed E-state index contributed by atoms with van der Waals surface area (Å²) in [5.41, 5.74) is 0.298. The number of benzene rings is 2. The Labute approximate surface area is 128 Å². The molecule has 2 aromatic rings. The van der Waals surface area contributed by atoms with Gasteiger partial charge in [-0.25, -0.2) is 0 Å². The van der Waals surface area contributed by atoms with Crippen LogP contribution in [-0.2, 0) is 4.79 Å². The molecule has 0 atom stereocenters. The van der Waals surface area contributed by atoms with E-state index in [9.17, 15) is 22.8 Å². The van der Waals surface area contributed by atoms with Crippen molar-refractivity contribution < 1.29 is 27.5 Å². The number of alkyl halides is 3. The molecule has 0 bridgehead atoms. The first kappa shape index (κ1) is 14.9. The Bertz CT molecular complexity index is 803. The fraction of sp³-hybridized carbons (Fsp3) is 0.0667. The van der Waals surface area contributed by atoms with Gasteiger partial charge >= 0.3 is 12.1 Å². The number of anilines is 2. The fourth-order valence-electron chi connectivity index (χ4n) is 2.04. The number of carbonyl (C=O) groups excluding carboxylic acids is 2. The summed E-state index contributed by atoms with van der Waals surface area (Å²) < 4.78 is 42.4. The molecule has 2 amide bonds. The van der Waals surface area contributed by atoms with Gasteiger partial charge in [0.2, 0.25) is 0 Å². The number of hydrogen-bond acceptors (Lipinski definition) is 3. The Morgan fingerprint density at radius 2 is 1.83 bits per heavy atom. The van der Waals surface area contributed by atoms with Gasteiger partial charge in [0.1, 0.15) is 5.75 Å². The molecule has 0 fully saturated rings. The minimum Gasteiger partial charge on any atom is -0.454 e.